The molecule has 0 aliphatic carbocycles. The van der Waals surface area contributed by atoms with Crippen LogP contribution in [0.4, 0.5) is 0 Å². The summed E-state index contributed by atoms with van der Waals surface area (Å²) in [6.07, 6.45) is 1.82. The van der Waals surface area contributed by atoms with E-state index < -0.39 is 12.2 Å². The predicted molar refractivity (Wildman–Crippen MR) is 60.4 cm³/mol. The Morgan fingerprint density at radius 3 is 2.33 bits per heavy atom. The van der Waals surface area contributed by atoms with Crippen LogP contribution in [0, 0.1) is 0 Å². The zero-order chi connectivity index (χ0) is 12.3. The zero-order valence-electron chi connectivity index (χ0n) is 9.52. The monoisotopic (exact) mass is 218 g/mol. The highest BCUT2D eigenvalue weighted by atomic mass is 16.4. The van der Waals surface area contributed by atoms with Crippen molar-refractivity contribution < 1.29 is 15.0 Å². The minimum absolute atomic E-state index is 0.0918. The number of aliphatic hydroxyl groups is 1. The van der Waals surface area contributed by atoms with Gasteiger partial charge < -0.3 is 15.9 Å². The summed E-state index contributed by atoms with van der Waals surface area (Å²) in [4.78, 5) is 11.7. The molecule has 0 radical (unpaired) electrons. The normalized spacial score (nSPS) is 11.5. The summed E-state index contributed by atoms with van der Waals surface area (Å²) in [5.74, 6) is -0.903. The Bertz CT molecular complexity index is 172. The van der Waals surface area contributed by atoms with E-state index in [2.05, 4.69) is 6.58 Å². The lowest BCUT2D eigenvalue weighted by molar-refractivity contribution is -0.141. The number of carboxylic acid groups (broad SMARTS) is 1. The zero-order valence-corrected chi connectivity index (χ0v) is 9.52. The van der Waals surface area contributed by atoms with Crippen LogP contribution >= 0.6 is 0 Å². The van der Waals surface area contributed by atoms with Gasteiger partial charge in [-0.1, -0.05) is 13.0 Å². The van der Waals surface area contributed by atoms with Gasteiger partial charge in [-0.25, -0.2) is 0 Å². The van der Waals surface area contributed by atoms with Crippen LogP contribution in [-0.4, -0.2) is 46.9 Å². The van der Waals surface area contributed by atoms with Crippen LogP contribution in [0.25, 0.3) is 0 Å². The number of nitrogens with two attached hydrogens (primary N) is 1. The molecule has 0 spiro atoms. The first kappa shape index (κ1) is 16.5. The molecule has 4 N–H and O–H groups in total. The van der Waals surface area contributed by atoms with Gasteiger partial charge in [0.15, 0.2) is 0 Å². The van der Waals surface area contributed by atoms with Gasteiger partial charge in [-0.05, 0) is 13.3 Å². The smallest absolute Gasteiger partial charge is 0.317 e. The SMILES string of the molecule is C=CCN.CCCN(CC(=O)O)C(C)O. The topological polar surface area (TPSA) is 86.8 Å². The van der Waals surface area contributed by atoms with E-state index in [-0.39, 0.29) is 6.54 Å². The molecule has 0 bridgehead atoms. The molecule has 0 aromatic rings. The highest BCUT2D eigenvalue weighted by Crippen LogP contribution is 1.96. The molecule has 1 unspecified atom stereocenters. The van der Waals surface area contributed by atoms with Crippen molar-refractivity contribution in [1.82, 2.24) is 4.90 Å². The number of aliphatic hydroxyl groups excluding tert-OH is 1. The average molecular weight is 218 g/mol. The first-order valence-corrected chi connectivity index (χ1v) is 4.94. The molecule has 5 nitrogen and oxygen atoms in total. The van der Waals surface area contributed by atoms with E-state index in [1.54, 1.807) is 13.0 Å². The number of carboxylic acids is 1. The van der Waals surface area contributed by atoms with Crippen LogP contribution in [0.3, 0.4) is 0 Å². The van der Waals surface area contributed by atoms with E-state index in [0.29, 0.717) is 13.1 Å². The third-order valence-corrected chi connectivity index (χ3v) is 1.54. The molecule has 0 amide bonds. The fraction of sp³-hybridized carbons (Fsp3) is 0.700. The van der Waals surface area contributed by atoms with Crippen molar-refractivity contribution in [2.24, 2.45) is 5.73 Å². The molecule has 5 heteroatoms. The summed E-state index contributed by atoms with van der Waals surface area (Å²) < 4.78 is 0. The number of carbonyl (C=O) groups is 1. The largest absolute Gasteiger partial charge is 0.480 e. The number of rotatable bonds is 6. The van der Waals surface area contributed by atoms with Gasteiger partial charge in [-0.15, -0.1) is 6.58 Å². The van der Waals surface area contributed by atoms with Crippen molar-refractivity contribution in [3.63, 3.8) is 0 Å². The Labute approximate surface area is 91.2 Å². The van der Waals surface area contributed by atoms with Gasteiger partial charge in [0.25, 0.3) is 0 Å². The Balaban J connectivity index is 0. The molecule has 0 fully saturated rings. The third kappa shape index (κ3) is 13.1. The van der Waals surface area contributed by atoms with Crippen LogP contribution in [0.2, 0.25) is 0 Å². The van der Waals surface area contributed by atoms with Crippen molar-refractivity contribution in [2.45, 2.75) is 26.5 Å². The Kier molecular flexibility index (Phi) is 12.3. The molecule has 15 heavy (non-hydrogen) atoms. The maximum absolute atomic E-state index is 10.2. The lowest BCUT2D eigenvalue weighted by Gasteiger charge is -2.22. The molecule has 1 atom stereocenters. The number of hydrogen-bond donors (Lipinski definition) is 3. The molecular formula is C10H22N2O3. The van der Waals surface area contributed by atoms with Gasteiger partial charge in [0.2, 0.25) is 0 Å². The molecule has 0 aromatic heterocycles. The first-order chi connectivity index (χ1) is 6.99. The maximum Gasteiger partial charge on any atom is 0.317 e. The number of aliphatic carboxylic acids is 1. The molecule has 0 saturated carbocycles. The molecular weight excluding hydrogens is 196 g/mol. The summed E-state index contributed by atoms with van der Waals surface area (Å²) in [6.45, 7) is 7.97. The quantitative estimate of drug-likeness (QED) is 0.439. The average Bonchev–Trinajstić information content (AvgIpc) is 2.17. The maximum atomic E-state index is 10.2. The van der Waals surface area contributed by atoms with E-state index in [1.807, 2.05) is 6.92 Å². The van der Waals surface area contributed by atoms with E-state index >= 15 is 0 Å². The Hall–Kier alpha value is -0.910. The molecule has 0 rings (SSSR count). The van der Waals surface area contributed by atoms with Gasteiger partial charge >= 0.3 is 5.97 Å². The van der Waals surface area contributed by atoms with Crippen LogP contribution in [0.1, 0.15) is 20.3 Å². The van der Waals surface area contributed by atoms with E-state index in [9.17, 15) is 4.79 Å². The standard InChI is InChI=1S/C7H15NO3.C3H7N/c1-3-4-8(6(2)9)5-7(10)11;1-2-3-4/h6,9H,3-5H2,1-2H3,(H,10,11);2H,1,3-4H2. The fourth-order valence-electron chi connectivity index (χ4n) is 0.859. The first-order valence-electron chi connectivity index (χ1n) is 4.94. The minimum atomic E-state index is -0.903. The predicted octanol–water partition coefficient (Wildman–Crippen LogP) is 0.252. The second-order valence-electron chi connectivity index (χ2n) is 3.02. The number of nitrogens with zero attached hydrogens (tertiary/aromatic N) is 1. The summed E-state index contributed by atoms with van der Waals surface area (Å²) in [7, 11) is 0. The summed E-state index contributed by atoms with van der Waals surface area (Å²) >= 11 is 0. The highest BCUT2D eigenvalue weighted by Gasteiger charge is 2.12. The van der Waals surface area contributed by atoms with E-state index in [0.717, 1.165) is 6.42 Å². The van der Waals surface area contributed by atoms with Gasteiger partial charge in [-0.2, -0.15) is 0 Å². The summed E-state index contributed by atoms with van der Waals surface area (Å²) in [5.41, 5.74) is 4.91. The van der Waals surface area contributed by atoms with Gasteiger partial charge in [-0.3, -0.25) is 9.69 Å². The molecule has 0 aromatic carbocycles. The fourth-order valence-corrected chi connectivity index (χ4v) is 0.859. The van der Waals surface area contributed by atoms with Gasteiger partial charge in [0, 0.05) is 13.1 Å². The van der Waals surface area contributed by atoms with Crippen molar-refractivity contribution in [1.29, 1.82) is 0 Å². The molecule has 0 aliphatic rings. The van der Waals surface area contributed by atoms with E-state index in [4.69, 9.17) is 15.9 Å². The molecule has 0 saturated heterocycles. The Morgan fingerprint density at radius 1 is 1.67 bits per heavy atom. The van der Waals surface area contributed by atoms with Crippen LogP contribution in [0.5, 0.6) is 0 Å². The van der Waals surface area contributed by atoms with Crippen LogP contribution in [-0.2, 0) is 4.79 Å². The lowest BCUT2D eigenvalue weighted by Crippen LogP contribution is -2.37. The van der Waals surface area contributed by atoms with Crippen LogP contribution < -0.4 is 5.73 Å². The lowest BCUT2D eigenvalue weighted by atomic mass is 10.4. The van der Waals surface area contributed by atoms with Crippen molar-refractivity contribution in [2.75, 3.05) is 19.6 Å². The minimum Gasteiger partial charge on any atom is -0.480 e. The molecule has 0 aliphatic heterocycles. The van der Waals surface area contributed by atoms with Gasteiger partial charge in [0.1, 0.15) is 6.23 Å². The second kappa shape index (κ2) is 11.2. The van der Waals surface area contributed by atoms with Gasteiger partial charge in [0.05, 0.1) is 6.54 Å². The second-order valence-corrected chi connectivity index (χ2v) is 3.02. The van der Waals surface area contributed by atoms with Crippen LogP contribution in [0.15, 0.2) is 12.7 Å². The van der Waals surface area contributed by atoms with E-state index in [1.165, 1.54) is 4.90 Å². The third-order valence-electron chi connectivity index (χ3n) is 1.54. The molecule has 0 heterocycles. The van der Waals surface area contributed by atoms with Crippen molar-refractivity contribution in [3.05, 3.63) is 12.7 Å². The summed E-state index contributed by atoms with van der Waals surface area (Å²) in [6, 6.07) is 0. The molecule has 90 valence electrons. The van der Waals surface area contributed by atoms with Crippen molar-refractivity contribution in [3.8, 4) is 0 Å². The highest BCUT2D eigenvalue weighted by molar-refractivity contribution is 5.69. The Morgan fingerprint density at radius 2 is 2.13 bits per heavy atom. The summed E-state index contributed by atoms with van der Waals surface area (Å²) in [5, 5.41) is 17.5. The van der Waals surface area contributed by atoms with Crippen molar-refractivity contribution >= 4 is 5.97 Å². The number of hydrogen-bond acceptors (Lipinski definition) is 4.